The first-order valence-corrected chi connectivity index (χ1v) is 8.14. The van der Waals surface area contributed by atoms with Crippen LogP contribution in [0.2, 0.25) is 0 Å². The highest BCUT2D eigenvalue weighted by molar-refractivity contribution is 5.94. The average Bonchev–Trinajstić information content (AvgIpc) is 2.60. The fraction of sp³-hybridized carbons (Fsp3) is 0.143. The van der Waals surface area contributed by atoms with Gasteiger partial charge in [-0.25, -0.2) is 4.98 Å². The van der Waals surface area contributed by atoms with Crippen LogP contribution in [0.15, 0.2) is 66.9 Å². The van der Waals surface area contributed by atoms with Crippen LogP contribution in [0.25, 0.3) is 0 Å². The summed E-state index contributed by atoms with van der Waals surface area (Å²) in [5.74, 6) is 1.15. The molecule has 2 aromatic carbocycles. The molecule has 3 aromatic rings. The summed E-state index contributed by atoms with van der Waals surface area (Å²) in [6, 6.07) is 19.0. The minimum atomic E-state index is -0.0807. The maximum atomic E-state index is 12.3. The molecule has 0 fully saturated rings. The van der Waals surface area contributed by atoms with Crippen molar-refractivity contribution in [2.45, 2.75) is 20.4 Å². The van der Waals surface area contributed by atoms with Crippen molar-refractivity contribution in [1.82, 2.24) is 10.3 Å². The molecule has 0 spiro atoms. The van der Waals surface area contributed by atoms with E-state index in [9.17, 15) is 4.79 Å². The van der Waals surface area contributed by atoms with Gasteiger partial charge in [0.05, 0.1) is 0 Å². The summed E-state index contributed by atoms with van der Waals surface area (Å²) in [7, 11) is 0. The highest BCUT2D eigenvalue weighted by Crippen LogP contribution is 2.20. The lowest BCUT2D eigenvalue weighted by molar-refractivity contribution is 0.0950. The fourth-order valence-corrected chi connectivity index (χ4v) is 2.64. The van der Waals surface area contributed by atoms with Crippen LogP contribution < -0.4 is 10.1 Å². The highest BCUT2D eigenvalue weighted by Gasteiger charge is 2.07. The van der Waals surface area contributed by atoms with E-state index in [1.54, 1.807) is 12.3 Å². The predicted octanol–water partition coefficient (Wildman–Crippen LogP) is 4.42. The predicted molar refractivity (Wildman–Crippen MR) is 97.8 cm³/mol. The van der Waals surface area contributed by atoms with E-state index in [1.165, 1.54) is 0 Å². The van der Waals surface area contributed by atoms with Crippen molar-refractivity contribution in [2.24, 2.45) is 0 Å². The molecule has 0 aliphatic carbocycles. The van der Waals surface area contributed by atoms with Gasteiger partial charge >= 0.3 is 0 Å². The molecule has 0 saturated heterocycles. The molecule has 4 nitrogen and oxygen atoms in total. The van der Waals surface area contributed by atoms with Crippen molar-refractivity contribution >= 4 is 5.91 Å². The Hall–Kier alpha value is -3.14. The maximum absolute atomic E-state index is 12.3. The van der Waals surface area contributed by atoms with Crippen molar-refractivity contribution in [2.75, 3.05) is 0 Å². The normalized spacial score (nSPS) is 10.3. The molecule has 1 amide bonds. The molecule has 3 rings (SSSR count). The van der Waals surface area contributed by atoms with Crippen molar-refractivity contribution in [3.8, 4) is 11.6 Å². The third kappa shape index (κ3) is 4.67. The van der Waals surface area contributed by atoms with Gasteiger partial charge in [0.1, 0.15) is 5.75 Å². The van der Waals surface area contributed by atoms with Gasteiger partial charge in [-0.1, -0.05) is 35.4 Å². The summed E-state index contributed by atoms with van der Waals surface area (Å²) in [6.45, 7) is 4.41. The molecular weight excluding hydrogens is 312 g/mol. The molecular formula is C21H20N2O2. The number of rotatable bonds is 5. The Morgan fingerprint density at radius 2 is 1.80 bits per heavy atom. The van der Waals surface area contributed by atoms with Crippen LogP contribution in [0.1, 0.15) is 27.0 Å². The lowest BCUT2D eigenvalue weighted by atomic mass is 10.1. The summed E-state index contributed by atoms with van der Waals surface area (Å²) < 4.78 is 5.72. The van der Waals surface area contributed by atoms with Crippen LogP contribution in [0.4, 0.5) is 0 Å². The quantitative estimate of drug-likeness (QED) is 0.752. The van der Waals surface area contributed by atoms with Gasteiger partial charge in [-0.05, 0) is 49.7 Å². The van der Waals surface area contributed by atoms with Gasteiger partial charge in [-0.3, -0.25) is 4.79 Å². The molecule has 0 unspecified atom stereocenters. The minimum Gasteiger partial charge on any atom is -0.439 e. The van der Waals surface area contributed by atoms with E-state index in [0.29, 0.717) is 23.7 Å². The Balaban J connectivity index is 1.65. The smallest absolute Gasteiger partial charge is 0.251 e. The second-order valence-corrected chi connectivity index (χ2v) is 5.98. The van der Waals surface area contributed by atoms with E-state index < -0.39 is 0 Å². The zero-order valence-corrected chi connectivity index (χ0v) is 14.3. The van der Waals surface area contributed by atoms with E-state index in [-0.39, 0.29) is 5.91 Å². The lowest BCUT2D eigenvalue weighted by Crippen LogP contribution is -2.22. The van der Waals surface area contributed by atoms with Gasteiger partial charge in [-0.2, -0.15) is 0 Å². The highest BCUT2D eigenvalue weighted by atomic mass is 16.5. The number of amides is 1. The number of carbonyl (C=O) groups excluding carboxylic acids is 1. The first kappa shape index (κ1) is 16.7. The van der Waals surface area contributed by atoms with Gasteiger partial charge in [0.25, 0.3) is 5.91 Å². The number of ether oxygens (including phenoxy) is 1. The number of pyridine rings is 1. The number of hydrogen-bond donors (Lipinski definition) is 1. The second kappa shape index (κ2) is 7.62. The molecule has 0 radical (unpaired) electrons. The van der Waals surface area contributed by atoms with E-state index in [4.69, 9.17) is 4.74 Å². The van der Waals surface area contributed by atoms with Gasteiger partial charge in [-0.15, -0.1) is 0 Å². The molecule has 0 bridgehead atoms. The summed E-state index contributed by atoms with van der Waals surface area (Å²) in [5.41, 5.74) is 3.80. The second-order valence-electron chi connectivity index (χ2n) is 5.98. The van der Waals surface area contributed by atoms with Crippen LogP contribution in [-0.2, 0) is 6.54 Å². The van der Waals surface area contributed by atoms with Crippen molar-refractivity contribution < 1.29 is 9.53 Å². The van der Waals surface area contributed by atoms with E-state index in [0.717, 1.165) is 16.7 Å². The number of aryl methyl sites for hydroxylation is 2. The molecule has 4 heteroatoms. The Labute approximate surface area is 147 Å². The number of carbonyl (C=O) groups is 1. The molecule has 126 valence electrons. The number of nitrogens with zero attached hydrogens (tertiary/aromatic N) is 1. The van der Waals surface area contributed by atoms with Crippen LogP contribution >= 0.6 is 0 Å². The average molecular weight is 332 g/mol. The molecule has 1 aromatic heterocycles. The fourth-order valence-electron chi connectivity index (χ4n) is 2.64. The Morgan fingerprint density at radius 1 is 1.00 bits per heavy atom. The SMILES string of the molecule is Cc1cc(C)cc(C(=O)NCc2cccc(Oc3ccccn3)c2)c1. The third-order valence-electron chi connectivity index (χ3n) is 3.70. The third-order valence-corrected chi connectivity index (χ3v) is 3.70. The minimum absolute atomic E-state index is 0.0807. The Bertz CT molecular complexity index is 856. The molecule has 25 heavy (non-hydrogen) atoms. The lowest BCUT2D eigenvalue weighted by Gasteiger charge is -2.09. The maximum Gasteiger partial charge on any atom is 0.251 e. The van der Waals surface area contributed by atoms with E-state index in [2.05, 4.69) is 16.4 Å². The van der Waals surface area contributed by atoms with Crippen molar-refractivity contribution in [3.63, 3.8) is 0 Å². The molecule has 1 heterocycles. The summed E-state index contributed by atoms with van der Waals surface area (Å²) >= 11 is 0. The largest absolute Gasteiger partial charge is 0.439 e. The van der Waals surface area contributed by atoms with E-state index in [1.807, 2.05) is 62.4 Å². The Morgan fingerprint density at radius 3 is 2.52 bits per heavy atom. The summed E-state index contributed by atoms with van der Waals surface area (Å²) in [4.78, 5) is 16.5. The van der Waals surface area contributed by atoms with Crippen LogP contribution in [0.3, 0.4) is 0 Å². The van der Waals surface area contributed by atoms with Crippen molar-refractivity contribution in [1.29, 1.82) is 0 Å². The molecule has 0 saturated carbocycles. The first-order valence-electron chi connectivity index (χ1n) is 8.14. The van der Waals surface area contributed by atoms with Crippen LogP contribution in [0, 0.1) is 13.8 Å². The molecule has 0 aliphatic heterocycles. The van der Waals surface area contributed by atoms with Crippen LogP contribution in [-0.4, -0.2) is 10.9 Å². The van der Waals surface area contributed by atoms with Crippen molar-refractivity contribution in [3.05, 3.63) is 89.1 Å². The Kier molecular flexibility index (Phi) is 5.09. The summed E-state index contributed by atoms with van der Waals surface area (Å²) in [5, 5.41) is 2.95. The van der Waals surface area contributed by atoms with Gasteiger partial charge in [0.2, 0.25) is 5.88 Å². The zero-order valence-electron chi connectivity index (χ0n) is 14.3. The molecule has 0 atom stereocenters. The number of benzene rings is 2. The van der Waals surface area contributed by atoms with Gasteiger partial charge in [0, 0.05) is 24.4 Å². The summed E-state index contributed by atoms with van der Waals surface area (Å²) in [6.07, 6.45) is 1.68. The number of aromatic nitrogens is 1. The van der Waals surface area contributed by atoms with Gasteiger partial charge in [0.15, 0.2) is 0 Å². The number of nitrogens with one attached hydrogen (secondary N) is 1. The molecule has 0 aliphatic rings. The standard InChI is InChI=1S/C21H20N2O2/c1-15-10-16(2)12-18(11-15)21(24)23-14-17-6-5-7-19(13-17)25-20-8-3-4-9-22-20/h3-13H,14H2,1-2H3,(H,23,24). The first-order chi connectivity index (χ1) is 12.1. The molecule has 1 N–H and O–H groups in total. The van der Waals surface area contributed by atoms with Crippen LogP contribution in [0.5, 0.6) is 11.6 Å². The van der Waals surface area contributed by atoms with Gasteiger partial charge < -0.3 is 10.1 Å². The topological polar surface area (TPSA) is 51.2 Å². The van der Waals surface area contributed by atoms with E-state index >= 15 is 0 Å². The zero-order chi connectivity index (χ0) is 17.6. The number of hydrogen-bond acceptors (Lipinski definition) is 3. The monoisotopic (exact) mass is 332 g/mol.